The Bertz CT molecular complexity index is 476. The van der Waals surface area contributed by atoms with Crippen LogP contribution >= 0.6 is 0 Å². The number of aromatic nitrogens is 2. The number of hydrogen-bond donors (Lipinski definition) is 2. The molecule has 2 N–H and O–H groups in total. The molecular formula is C10H12N4O. The molecule has 5 heteroatoms. The maximum absolute atomic E-state index is 11.5. The fourth-order valence-corrected chi connectivity index (χ4v) is 1.47. The number of rotatable bonds is 3. The van der Waals surface area contributed by atoms with E-state index in [1.54, 1.807) is 12.3 Å². The van der Waals surface area contributed by atoms with Gasteiger partial charge in [0.05, 0.1) is 17.5 Å². The summed E-state index contributed by atoms with van der Waals surface area (Å²) in [5.41, 5.74) is 2.17. The lowest BCUT2D eigenvalue weighted by Gasteiger charge is -1.94. The number of aryl methyl sites for hydroxylation is 1. The second-order valence-electron chi connectivity index (χ2n) is 3.31. The van der Waals surface area contributed by atoms with Gasteiger partial charge in [0.25, 0.3) is 5.56 Å². The van der Waals surface area contributed by atoms with E-state index in [1.807, 2.05) is 0 Å². The molecule has 0 saturated heterocycles. The summed E-state index contributed by atoms with van der Waals surface area (Å²) in [7, 11) is 0. The molecule has 5 nitrogen and oxygen atoms in total. The Labute approximate surface area is 86.6 Å². The predicted octanol–water partition coefficient (Wildman–Crippen LogP) is 1.11. The Balaban J connectivity index is 2.38. The standard InChI is InChI=1S/C10H12N4O/c1-2-3-9-8(10(15)14-13-9)4-7-5-11-6-12-7/h4-6H,2-3H2,1H3,(H2,13,14,15)/b7-4+. The molecule has 0 bridgehead atoms. The van der Waals surface area contributed by atoms with Gasteiger partial charge in [0.1, 0.15) is 6.34 Å². The zero-order chi connectivity index (χ0) is 10.7. The van der Waals surface area contributed by atoms with Crippen molar-refractivity contribution in [1.82, 2.24) is 10.2 Å². The van der Waals surface area contributed by atoms with Crippen LogP contribution in [-0.2, 0) is 6.42 Å². The third-order valence-electron chi connectivity index (χ3n) is 2.17. The van der Waals surface area contributed by atoms with Crippen molar-refractivity contribution in [3.05, 3.63) is 27.3 Å². The van der Waals surface area contributed by atoms with Gasteiger partial charge in [0, 0.05) is 5.69 Å². The van der Waals surface area contributed by atoms with Gasteiger partial charge >= 0.3 is 0 Å². The van der Waals surface area contributed by atoms with Crippen LogP contribution in [-0.4, -0.2) is 22.8 Å². The normalized spacial score (nSPS) is 16.7. The van der Waals surface area contributed by atoms with Crippen molar-refractivity contribution in [3.63, 3.8) is 0 Å². The molecule has 0 aromatic carbocycles. The number of nitrogens with zero attached hydrogens (tertiary/aromatic N) is 2. The highest BCUT2D eigenvalue weighted by Gasteiger charge is 2.07. The van der Waals surface area contributed by atoms with E-state index in [0.29, 0.717) is 11.3 Å². The maximum atomic E-state index is 11.5. The van der Waals surface area contributed by atoms with E-state index in [4.69, 9.17) is 0 Å². The quantitative estimate of drug-likeness (QED) is 0.760. The first kappa shape index (κ1) is 9.64. The Morgan fingerprint density at radius 1 is 1.47 bits per heavy atom. The summed E-state index contributed by atoms with van der Waals surface area (Å²) in [5.74, 6) is 0. The molecule has 2 heterocycles. The van der Waals surface area contributed by atoms with Crippen molar-refractivity contribution < 1.29 is 0 Å². The minimum atomic E-state index is -0.110. The van der Waals surface area contributed by atoms with E-state index in [0.717, 1.165) is 18.5 Å². The zero-order valence-electron chi connectivity index (χ0n) is 8.45. The predicted molar refractivity (Wildman–Crippen MR) is 60.4 cm³/mol. The van der Waals surface area contributed by atoms with Gasteiger partial charge in [-0.1, -0.05) is 13.3 Å². The topological polar surface area (TPSA) is 73.4 Å². The molecule has 0 fully saturated rings. The van der Waals surface area contributed by atoms with Crippen LogP contribution in [0.3, 0.4) is 0 Å². The molecule has 0 unspecified atom stereocenters. The van der Waals surface area contributed by atoms with Gasteiger partial charge in [-0.05, 0) is 12.5 Å². The van der Waals surface area contributed by atoms with Gasteiger partial charge in [-0.2, -0.15) is 0 Å². The van der Waals surface area contributed by atoms with E-state index in [9.17, 15) is 4.79 Å². The van der Waals surface area contributed by atoms with E-state index in [-0.39, 0.29) is 5.56 Å². The minimum absolute atomic E-state index is 0.110. The van der Waals surface area contributed by atoms with E-state index in [1.165, 1.54) is 6.34 Å². The Morgan fingerprint density at radius 3 is 3.00 bits per heavy atom. The fourth-order valence-electron chi connectivity index (χ4n) is 1.47. The molecular weight excluding hydrogens is 192 g/mol. The van der Waals surface area contributed by atoms with Gasteiger partial charge in [-0.15, -0.1) is 0 Å². The van der Waals surface area contributed by atoms with Crippen molar-refractivity contribution in [2.45, 2.75) is 19.8 Å². The Morgan fingerprint density at radius 2 is 2.33 bits per heavy atom. The third-order valence-corrected chi connectivity index (χ3v) is 2.17. The second-order valence-corrected chi connectivity index (χ2v) is 3.31. The lowest BCUT2D eigenvalue weighted by Crippen LogP contribution is -2.02. The van der Waals surface area contributed by atoms with E-state index < -0.39 is 0 Å². The first-order valence-corrected chi connectivity index (χ1v) is 4.88. The highest BCUT2D eigenvalue weighted by molar-refractivity contribution is 5.95. The zero-order valence-corrected chi connectivity index (χ0v) is 8.45. The first-order chi connectivity index (χ1) is 7.31. The number of aromatic amines is 2. The SMILES string of the molecule is CCCc1[nH][nH]c(=O)c1/C=C1\C=NC=N1. The van der Waals surface area contributed by atoms with Crippen LogP contribution in [0, 0.1) is 0 Å². The molecule has 1 aromatic heterocycles. The molecule has 1 aromatic rings. The maximum Gasteiger partial charge on any atom is 0.271 e. The Hall–Kier alpha value is -1.91. The molecule has 0 saturated carbocycles. The molecule has 1 aliphatic rings. The number of allylic oxidation sites excluding steroid dienone is 1. The highest BCUT2D eigenvalue weighted by Crippen LogP contribution is 2.09. The smallest absolute Gasteiger partial charge is 0.271 e. The van der Waals surface area contributed by atoms with Crippen LogP contribution in [0.15, 0.2) is 20.5 Å². The molecule has 2 rings (SSSR count). The van der Waals surface area contributed by atoms with Crippen LogP contribution in [0.4, 0.5) is 0 Å². The summed E-state index contributed by atoms with van der Waals surface area (Å²) in [6.07, 6.45) is 6.67. The molecule has 0 radical (unpaired) electrons. The van der Waals surface area contributed by atoms with Crippen LogP contribution in [0.2, 0.25) is 0 Å². The van der Waals surface area contributed by atoms with Gasteiger partial charge < -0.3 is 5.10 Å². The van der Waals surface area contributed by atoms with Gasteiger partial charge in [0.15, 0.2) is 0 Å². The summed E-state index contributed by atoms with van der Waals surface area (Å²) in [5, 5.41) is 5.44. The number of hydrogen-bond acceptors (Lipinski definition) is 3. The van der Waals surface area contributed by atoms with Gasteiger partial charge in [-0.25, -0.2) is 9.98 Å². The average molecular weight is 204 g/mol. The summed E-state index contributed by atoms with van der Waals surface area (Å²) < 4.78 is 0. The third kappa shape index (κ3) is 1.96. The van der Waals surface area contributed by atoms with Crippen molar-refractivity contribution in [2.24, 2.45) is 9.98 Å². The van der Waals surface area contributed by atoms with Crippen LogP contribution in [0.1, 0.15) is 24.6 Å². The van der Waals surface area contributed by atoms with Crippen molar-refractivity contribution >= 4 is 18.6 Å². The molecule has 0 amide bonds. The second kappa shape index (κ2) is 4.08. The highest BCUT2D eigenvalue weighted by atomic mass is 16.1. The number of aliphatic imine (C=N–C) groups is 2. The van der Waals surface area contributed by atoms with Crippen LogP contribution in [0.25, 0.3) is 6.08 Å². The number of nitrogens with one attached hydrogen (secondary N) is 2. The van der Waals surface area contributed by atoms with Crippen molar-refractivity contribution in [2.75, 3.05) is 0 Å². The first-order valence-electron chi connectivity index (χ1n) is 4.88. The fraction of sp³-hybridized carbons (Fsp3) is 0.300. The average Bonchev–Trinajstić information content (AvgIpc) is 2.83. The van der Waals surface area contributed by atoms with Crippen LogP contribution < -0.4 is 5.56 Å². The van der Waals surface area contributed by atoms with Crippen LogP contribution in [0.5, 0.6) is 0 Å². The summed E-state index contributed by atoms with van der Waals surface area (Å²) >= 11 is 0. The van der Waals surface area contributed by atoms with Gasteiger partial charge in [-0.3, -0.25) is 9.89 Å². The molecule has 0 spiro atoms. The van der Waals surface area contributed by atoms with E-state index in [2.05, 4.69) is 27.1 Å². The summed E-state index contributed by atoms with van der Waals surface area (Å²) in [6, 6.07) is 0. The lowest BCUT2D eigenvalue weighted by atomic mass is 10.1. The lowest BCUT2D eigenvalue weighted by molar-refractivity contribution is 0.864. The monoisotopic (exact) mass is 204 g/mol. The Kier molecular flexibility index (Phi) is 2.62. The molecule has 15 heavy (non-hydrogen) atoms. The van der Waals surface area contributed by atoms with Gasteiger partial charge in [0.2, 0.25) is 0 Å². The summed E-state index contributed by atoms with van der Waals surface area (Å²) in [4.78, 5) is 19.3. The molecule has 0 aliphatic carbocycles. The number of H-pyrrole nitrogens is 2. The molecule has 1 aliphatic heterocycles. The molecule has 78 valence electrons. The molecule has 0 atom stereocenters. The van der Waals surface area contributed by atoms with Crippen molar-refractivity contribution in [1.29, 1.82) is 0 Å². The van der Waals surface area contributed by atoms with Crippen molar-refractivity contribution in [3.8, 4) is 0 Å². The largest absolute Gasteiger partial charge is 0.302 e. The summed E-state index contributed by atoms with van der Waals surface area (Å²) in [6.45, 7) is 2.07. The van der Waals surface area contributed by atoms with E-state index >= 15 is 0 Å². The minimum Gasteiger partial charge on any atom is -0.302 e.